The lowest BCUT2D eigenvalue weighted by molar-refractivity contribution is 0.408. The Labute approximate surface area is 202 Å². The summed E-state index contributed by atoms with van der Waals surface area (Å²) in [4.78, 5) is 16.0. The molecule has 1 heterocycles. The number of pyridine rings is 1. The average Bonchev–Trinajstić information content (AvgIpc) is 2.90. The Morgan fingerprint density at radius 3 is 2.03 bits per heavy atom. The number of fused-ring (bicyclic) bond motifs is 1. The SMILES string of the molecule is COc1ccc(Oc2cc(OC)cc3c(O)c(-c4ccccc4)c(=O)[nH]c23)c(-c2ccccc2)c1. The fraction of sp³-hybridized carbons (Fsp3) is 0.0690. The molecule has 6 nitrogen and oxygen atoms in total. The van der Waals surface area contributed by atoms with E-state index in [1.54, 1.807) is 37.4 Å². The predicted octanol–water partition coefficient (Wildman–Crippen LogP) is 6.38. The molecule has 0 aliphatic carbocycles. The van der Waals surface area contributed by atoms with Crippen molar-refractivity contribution in [2.75, 3.05) is 14.2 Å². The molecule has 0 aliphatic rings. The van der Waals surface area contributed by atoms with E-state index in [2.05, 4.69) is 4.98 Å². The lowest BCUT2D eigenvalue weighted by atomic mass is 10.0. The monoisotopic (exact) mass is 465 g/mol. The highest BCUT2D eigenvalue weighted by molar-refractivity contribution is 5.96. The average molecular weight is 466 g/mol. The maximum Gasteiger partial charge on any atom is 0.260 e. The number of nitrogens with one attached hydrogen (secondary N) is 1. The summed E-state index contributed by atoms with van der Waals surface area (Å²) in [6, 6.07) is 27.7. The van der Waals surface area contributed by atoms with E-state index >= 15 is 0 Å². The van der Waals surface area contributed by atoms with Crippen LogP contribution in [0.1, 0.15) is 0 Å². The molecule has 0 radical (unpaired) electrons. The highest BCUT2D eigenvalue weighted by Crippen LogP contribution is 2.42. The molecule has 35 heavy (non-hydrogen) atoms. The van der Waals surface area contributed by atoms with Gasteiger partial charge in [-0.1, -0.05) is 60.7 Å². The summed E-state index contributed by atoms with van der Waals surface area (Å²) in [5.41, 5.74) is 2.49. The molecule has 0 amide bonds. The minimum Gasteiger partial charge on any atom is -0.506 e. The molecular formula is C29H23NO5. The summed E-state index contributed by atoms with van der Waals surface area (Å²) in [7, 11) is 3.15. The number of hydrogen-bond acceptors (Lipinski definition) is 5. The number of rotatable bonds is 6. The van der Waals surface area contributed by atoms with E-state index in [0.717, 1.165) is 11.1 Å². The Morgan fingerprint density at radius 2 is 1.37 bits per heavy atom. The van der Waals surface area contributed by atoms with Gasteiger partial charge in [0.25, 0.3) is 5.56 Å². The Kier molecular flexibility index (Phi) is 5.85. The van der Waals surface area contributed by atoms with Crippen LogP contribution in [0.5, 0.6) is 28.7 Å². The van der Waals surface area contributed by atoms with Crippen molar-refractivity contribution in [3.63, 3.8) is 0 Å². The molecule has 0 aliphatic heterocycles. The van der Waals surface area contributed by atoms with Crippen molar-refractivity contribution in [1.82, 2.24) is 4.98 Å². The summed E-state index contributed by atoms with van der Waals surface area (Å²) in [6.07, 6.45) is 0. The van der Waals surface area contributed by atoms with Crippen molar-refractivity contribution in [3.8, 4) is 51.0 Å². The van der Waals surface area contributed by atoms with Crippen LogP contribution in [0.3, 0.4) is 0 Å². The molecule has 4 aromatic carbocycles. The fourth-order valence-electron chi connectivity index (χ4n) is 4.08. The van der Waals surface area contributed by atoms with E-state index in [9.17, 15) is 9.90 Å². The summed E-state index contributed by atoms with van der Waals surface area (Å²) in [5, 5.41) is 11.6. The van der Waals surface area contributed by atoms with Crippen LogP contribution in [0.25, 0.3) is 33.2 Å². The first-order valence-electron chi connectivity index (χ1n) is 11.0. The molecule has 1 aromatic heterocycles. The van der Waals surface area contributed by atoms with Gasteiger partial charge >= 0.3 is 0 Å². The quantitative estimate of drug-likeness (QED) is 0.304. The van der Waals surface area contributed by atoms with Gasteiger partial charge < -0.3 is 24.3 Å². The first kappa shape index (κ1) is 22.1. The molecule has 0 bridgehead atoms. The third-order valence-corrected chi connectivity index (χ3v) is 5.82. The highest BCUT2D eigenvalue weighted by atomic mass is 16.5. The summed E-state index contributed by atoms with van der Waals surface area (Å²) in [5.74, 6) is 1.92. The molecule has 0 saturated heterocycles. The van der Waals surface area contributed by atoms with Gasteiger partial charge in [0.2, 0.25) is 0 Å². The van der Waals surface area contributed by atoms with E-state index in [1.807, 2.05) is 60.7 Å². The van der Waals surface area contributed by atoms with Gasteiger partial charge in [-0.25, -0.2) is 0 Å². The van der Waals surface area contributed by atoms with Gasteiger partial charge in [-0.2, -0.15) is 0 Å². The molecule has 0 atom stereocenters. The van der Waals surface area contributed by atoms with Crippen LogP contribution in [0, 0.1) is 0 Å². The zero-order valence-electron chi connectivity index (χ0n) is 19.2. The number of aromatic hydroxyl groups is 1. The zero-order valence-corrected chi connectivity index (χ0v) is 19.2. The first-order chi connectivity index (χ1) is 17.1. The van der Waals surface area contributed by atoms with Crippen LogP contribution in [-0.4, -0.2) is 24.3 Å². The van der Waals surface area contributed by atoms with Crippen molar-refractivity contribution < 1.29 is 19.3 Å². The molecule has 5 aromatic rings. The Balaban J connectivity index is 1.71. The van der Waals surface area contributed by atoms with Crippen LogP contribution in [0.15, 0.2) is 95.8 Å². The van der Waals surface area contributed by atoms with Gasteiger partial charge in [-0.05, 0) is 35.4 Å². The summed E-state index contributed by atoms with van der Waals surface area (Å²) >= 11 is 0. The molecule has 2 N–H and O–H groups in total. The molecule has 0 saturated carbocycles. The zero-order chi connectivity index (χ0) is 24.4. The van der Waals surface area contributed by atoms with E-state index < -0.39 is 5.56 Å². The van der Waals surface area contributed by atoms with Crippen LogP contribution >= 0.6 is 0 Å². The van der Waals surface area contributed by atoms with Crippen molar-refractivity contribution in [2.24, 2.45) is 0 Å². The Bertz CT molecular complexity index is 1560. The number of hydrogen-bond donors (Lipinski definition) is 2. The van der Waals surface area contributed by atoms with Crippen LogP contribution in [0.2, 0.25) is 0 Å². The standard InChI is InChI=1S/C29H23NO5/c1-33-20-13-14-24(22(15-20)18-9-5-3-6-10-18)35-25-17-21(34-2)16-23-27(25)30-29(32)26(28(23)31)19-11-7-4-8-12-19/h3-17H,1-2H3,(H2,30,31,32). The van der Waals surface area contributed by atoms with Gasteiger partial charge in [-0.3, -0.25) is 4.79 Å². The minimum absolute atomic E-state index is 0.142. The van der Waals surface area contributed by atoms with Crippen molar-refractivity contribution >= 4 is 10.9 Å². The topological polar surface area (TPSA) is 80.8 Å². The van der Waals surface area contributed by atoms with E-state index in [-0.39, 0.29) is 11.3 Å². The molecule has 0 spiro atoms. The van der Waals surface area contributed by atoms with Gasteiger partial charge in [0.15, 0.2) is 5.75 Å². The maximum absolute atomic E-state index is 13.1. The largest absolute Gasteiger partial charge is 0.506 e. The number of aromatic nitrogens is 1. The molecule has 0 fully saturated rings. The molecule has 174 valence electrons. The minimum atomic E-state index is -0.422. The van der Waals surface area contributed by atoms with Crippen molar-refractivity contribution in [2.45, 2.75) is 0 Å². The highest BCUT2D eigenvalue weighted by Gasteiger charge is 2.19. The fourth-order valence-corrected chi connectivity index (χ4v) is 4.08. The summed E-state index contributed by atoms with van der Waals surface area (Å²) < 4.78 is 17.3. The molecular weight excluding hydrogens is 442 g/mol. The van der Waals surface area contributed by atoms with Crippen molar-refractivity contribution in [1.29, 1.82) is 0 Å². The lowest BCUT2D eigenvalue weighted by Gasteiger charge is -2.16. The maximum atomic E-state index is 13.1. The second-order valence-corrected chi connectivity index (χ2v) is 7.92. The Hall–Kier alpha value is -4.71. The number of benzene rings is 4. The van der Waals surface area contributed by atoms with Gasteiger partial charge in [-0.15, -0.1) is 0 Å². The third-order valence-electron chi connectivity index (χ3n) is 5.82. The van der Waals surface area contributed by atoms with Gasteiger partial charge in [0.1, 0.15) is 23.0 Å². The first-order valence-corrected chi connectivity index (χ1v) is 11.0. The van der Waals surface area contributed by atoms with Crippen LogP contribution < -0.4 is 19.8 Å². The Morgan fingerprint density at radius 1 is 0.714 bits per heavy atom. The van der Waals surface area contributed by atoms with Gasteiger partial charge in [0.05, 0.1) is 25.3 Å². The number of H-pyrrole nitrogens is 1. The summed E-state index contributed by atoms with van der Waals surface area (Å²) in [6.45, 7) is 0. The molecule has 0 unspecified atom stereocenters. The van der Waals surface area contributed by atoms with Crippen LogP contribution in [-0.2, 0) is 0 Å². The smallest absolute Gasteiger partial charge is 0.260 e. The van der Waals surface area contributed by atoms with E-state index in [0.29, 0.717) is 39.5 Å². The van der Waals surface area contributed by atoms with Crippen molar-refractivity contribution in [3.05, 3.63) is 101 Å². The normalized spacial score (nSPS) is 10.8. The second kappa shape index (κ2) is 9.27. The second-order valence-electron chi connectivity index (χ2n) is 7.92. The van der Waals surface area contributed by atoms with E-state index in [4.69, 9.17) is 14.2 Å². The van der Waals surface area contributed by atoms with Crippen LogP contribution in [0.4, 0.5) is 0 Å². The number of ether oxygens (including phenoxy) is 3. The predicted molar refractivity (Wildman–Crippen MR) is 137 cm³/mol. The van der Waals surface area contributed by atoms with E-state index in [1.165, 1.54) is 7.11 Å². The number of methoxy groups -OCH3 is 2. The molecule has 5 rings (SSSR count). The number of aromatic amines is 1. The lowest BCUT2D eigenvalue weighted by Crippen LogP contribution is -2.10. The molecule has 6 heteroatoms. The van der Waals surface area contributed by atoms with Gasteiger partial charge in [0, 0.05) is 17.0 Å². The third kappa shape index (κ3) is 4.17.